The van der Waals surface area contributed by atoms with E-state index in [0.717, 1.165) is 55.1 Å². The Hall–Kier alpha value is -3.23. The van der Waals surface area contributed by atoms with Gasteiger partial charge in [-0.25, -0.2) is 14.7 Å². The Kier molecular flexibility index (Phi) is 6.06. The molecule has 30 heavy (non-hydrogen) atoms. The van der Waals surface area contributed by atoms with Crippen LogP contribution in [0.2, 0.25) is 0 Å². The maximum atomic E-state index is 4.81. The molecule has 0 fully saturated rings. The summed E-state index contributed by atoms with van der Waals surface area (Å²) >= 11 is 0. The molecule has 1 aliphatic heterocycles. The minimum atomic E-state index is 0.243. The third-order valence-corrected chi connectivity index (χ3v) is 5.42. The Morgan fingerprint density at radius 1 is 1.23 bits per heavy atom. The molecule has 0 aliphatic carbocycles. The highest BCUT2D eigenvalue weighted by molar-refractivity contribution is 5.80. The zero-order valence-corrected chi connectivity index (χ0v) is 17.8. The van der Waals surface area contributed by atoms with Crippen molar-refractivity contribution in [3.8, 4) is 0 Å². The van der Waals surface area contributed by atoms with E-state index in [1.165, 1.54) is 5.56 Å². The van der Waals surface area contributed by atoms with Crippen LogP contribution in [0.25, 0.3) is 0 Å². The molecule has 0 amide bonds. The zero-order chi connectivity index (χ0) is 20.9. The van der Waals surface area contributed by atoms with Gasteiger partial charge in [-0.1, -0.05) is 37.3 Å². The van der Waals surface area contributed by atoms with Gasteiger partial charge in [-0.3, -0.25) is 0 Å². The van der Waals surface area contributed by atoms with E-state index < -0.39 is 0 Å². The van der Waals surface area contributed by atoms with Gasteiger partial charge in [0.05, 0.1) is 19.6 Å². The van der Waals surface area contributed by atoms with E-state index >= 15 is 0 Å². The van der Waals surface area contributed by atoms with Gasteiger partial charge in [0.25, 0.3) is 0 Å². The molecule has 3 aromatic rings. The van der Waals surface area contributed by atoms with Crippen LogP contribution in [0.3, 0.4) is 0 Å². The van der Waals surface area contributed by atoms with Crippen molar-refractivity contribution >= 4 is 5.96 Å². The molecule has 1 aromatic carbocycles. The second-order valence-corrected chi connectivity index (χ2v) is 7.59. The Balaban J connectivity index is 1.45. The van der Waals surface area contributed by atoms with Gasteiger partial charge < -0.3 is 15.2 Å². The second kappa shape index (κ2) is 9.06. The van der Waals surface area contributed by atoms with Crippen LogP contribution < -0.4 is 10.6 Å². The Morgan fingerprint density at radius 2 is 2.07 bits per heavy atom. The van der Waals surface area contributed by atoms with Gasteiger partial charge in [0, 0.05) is 25.9 Å². The molecule has 9 heteroatoms. The average Bonchev–Trinajstić information content (AvgIpc) is 3.33. The lowest BCUT2D eigenvalue weighted by atomic mass is 10.1. The molecule has 1 unspecified atom stereocenters. The number of nitrogens with one attached hydrogen (secondary N) is 2. The van der Waals surface area contributed by atoms with Crippen molar-refractivity contribution in [3.63, 3.8) is 0 Å². The van der Waals surface area contributed by atoms with E-state index in [0.29, 0.717) is 13.1 Å². The Morgan fingerprint density at radius 3 is 2.80 bits per heavy atom. The van der Waals surface area contributed by atoms with Crippen LogP contribution in [0.1, 0.15) is 42.2 Å². The monoisotopic (exact) mass is 407 g/mol. The molecule has 0 saturated carbocycles. The average molecular weight is 408 g/mol. The molecule has 9 nitrogen and oxygen atoms in total. The fourth-order valence-electron chi connectivity index (χ4n) is 3.50. The van der Waals surface area contributed by atoms with E-state index in [2.05, 4.69) is 50.0 Å². The number of benzene rings is 1. The lowest BCUT2D eigenvalue weighted by molar-refractivity contribution is 0.391. The van der Waals surface area contributed by atoms with E-state index in [-0.39, 0.29) is 6.04 Å². The van der Waals surface area contributed by atoms with E-state index in [9.17, 15) is 0 Å². The highest BCUT2D eigenvalue weighted by atomic mass is 15.4. The lowest BCUT2D eigenvalue weighted by Gasteiger charge is -2.25. The summed E-state index contributed by atoms with van der Waals surface area (Å²) < 4.78 is 4.01. The van der Waals surface area contributed by atoms with Crippen molar-refractivity contribution in [2.24, 2.45) is 12.0 Å². The van der Waals surface area contributed by atoms with Crippen molar-refractivity contribution in [2.45, 2.75) is 58.8 Å². The quantitative estimate of drug-likeness (QED) is 0.475. The largest absolute Gasteiger partial charge is 0.352 e. The molecule has 0 radical (unpaired) electrons. The number of aliphatic imine (C=N–C) groups is 1. The summed E-state index contributed by atoms with van der Waals surface area (Å²) in [7, 11) is 1.97. The van der Waals surface area contributed by atoms with Crippen LogP contribution in [0, 0.1) is 6.92 Å². The maximum Gasteiger partial charge on any atom is 0.192 e. The van der Waals surface area contributed by atoms with Crippen LogP contribution in [0.15, 0.2) is 35.3 Å². The smallest absolute Gasteiger partial charge is 0.192 e. The summed E-state index contributed by atoms with van der Waals surface area (Å²) in [6.45, 7) is 5.98. The highest BCUT2D eigenvalue weighted by Crippen LogP contribution is 2.13. The summed E-state index contributed by atoms with van der Waals surface area (Å²) in [4.78, 5) is 9.42. The molecular weight excluding hydrogens is 378 g/mol. The number of hydrogen-bond acceptors (Lipinski definition) is 5. The molecular formula is C21H29N9. The van der Waals surface area contributed by atoms with Crippen molar-refractivity contribution in [3.05, 3.63) is 59.2 Å². The summed E-state index contributed by atoms with van der Waals surface area (Å²) in [6, 6.07) is 10.5. The topological polar surface area (TPSA) is 97.8 Å². The van der Waals surface area contributed by atoms with Gasteiger partial charge in [0.15, 0.2) is 17.6 Å². The zero-order valence-electron chi connectivity index (χ0n) is 17.8. The number of guanidine groups is 1. The molecule has 0 spiro atoms. The molecule has 0 saturated heterocycles. The fraction of sp³-hybridized carbons (Fsp3) is 0.476. The normalized spacial score (nSPS) is 16.4. The number of fused-ring (bicyclic) bond motifs is 1. The summed E-state index contributed by atoms with van der Waals surface area (Å²) in [6.07, 6.45) is 2.77. The van der Waals surface area contributed by atoms with Gasteiger partial charge in [-0.2, -0.15) is 5.10 Å². The minimum Gasteiger partial charge on any atom is -0.352 e. The van der Waals surface area contributed by atoms with Crippen molar-refractivity contribution in [1.29, 1.82) is 0 Å². The number of nitrogens with zero attached hydrogens (tertiary/aromatic N) is 7. The molecule has 2 aromatic heterocycles. The highest BCUT2D eigenvalue weighted by Gasteiger charge is 2.22. The number of aryl methyl sites for hydroxylation is 3. The second-order valence-electron chi connectivity index (χ2n) is 7.59. The van der Waals surface area contributed by atoms with Gasteiger partial charge in [-0.05, 0) is 18.9 Å². The van der Waals surface area contributed by atoms with Gasteiger partial charge in [-0.15, -0.1) is 10.2 Å². The Bertz CT molecular complexity index is 1000. The number of rotatable bonds is 6. The van der Waals surface area contributed by atoms with Crippen molar-refractivity contribution in [1.82, 2.24) is 40.2 Å². The van der Waals surface area contributed by atoms with Crippen molar-refractivity contribution in [2.75, 3.05) is 0 Å². The van der Waals surface area contributed by atoms with E-state index in [4.69, 9.17) is 4.99 Å². The van der Waals surface area contributed by atoms with Crippen LogP contribution in [0.4, 0.5) is 0 Å². The summed E-state index contributed by atoms with van der Waals surface area (Å²) in [5.74, 6) is 4.52. The van der Waals surface area contributed by atoms with Crippen LogP contribution in [-0.4, -0.2) is 41.5 Å². The number of aromatic nitrogens is 6. The van der Waals surface area contributed by atoms with Crippen LogP contribution >= 0.6 is 0 Å². The predicted molar refractivity (Wildman–Crippen MR) is 115 cm³/mol. The molecule has 3 heterocycles. The molecule has 1 aliphatic rings. The molecule has 1 atom stereocenters. The Labute approximate surface area is 176 Å². The first-order valence-corrected chi connectivity index (χ1v) is 10.5. The third kappa shape index (κ3) is 4.67. The van der Waals surface area contributed by atoms with Crippen molar-refractivity contribution < 1.29 is 0 Å². The van der Waals surface area contributed by atoms with Crippen LogP contribution in [0.5, 0.6) is 0 Å². The first-order chi connectivity index (χ1) is 14.6. The van der Waals surface area contributed by atoms with Gasteiger partial charge >= 0.3 is 0 Å². The fourth-order valence-corrected chi connectivity index (χ4v) is 3.50. The molecule has 0 bridgehead atoms. The van der Waals surface area contributed by atoms with E-state index in [1.54, 1.807) is 0 Å². The van der Waals surface area contributed by atoms with E-state index in [1.807, 2.05) is 41.4 Å². The SMILES string of the molecule is CCc1nc2n(n1)CC(NC(=NCc1ccccc1)NCc1nnc(C)n1C)CC2. The first kappa shape index (κ1) is 20.1. The number of hydrogen-bond donors (Lipinski definition) is 2. The molecule has 158 valence electrons. The molecule has 4 rings (SSSR count). The van der Waals surface area contributed by atoms with Crippen LogP contribution in [-0.2, 0) is 39.5 Å². The molecule has 2 N–H and O–H groups in total. The van der Waals surface area contributed by atoms with Gasteiger partial charge in [0.2, 0.25) is 0 Å². The standard InChI is InChI=1S/C21H29N9/c1-4-18-25-19-11-10-17(14-30(19)28-18)24-21(22-12-16-8-6-5-7-9-16)23-13-20-27-26-15(2)29(20)3/h5-9,17H,4,10-14H2,1-3H3,(H2,22,23,24). The predicted octanol–water partition coefficient (Wildman–Crippen LogP) is 1.53. The summed E-state index contributed by atoms with van der Waals surface area (Å²) in [5.41, 5.74) is 1.17. The third-order valence-electron chi connectivity index (χ3n) is 5.42. The van der Waals surface area contributed by atoms with Gasteiger partial charge in [0.1, 0.15) is 11.6 Å². The lowest BCUT2D eigenvalue weighted by Crippen LogP contribution is -2.47. The maximum absolute atomic E-state index is 4.81. The summed E-state index contributed by atoms with van der Waals surface area (Å²) in [5, 5.41) is 20.0. The minimum absolute atomic E-state index is 0.243. The first-order valence-electron chi connectivity index (χ1n) is 10.5.